The molecule has 3 nitrogen and oxygen atoms in total. The van der Waals surface area contributed by atoms with Crippen molar-refractivity contribution >= 4 is 23.2 Å². The van der Waals surface area contributed by atoms with Gasteiger partial charge < -0.3 is 10.1 Å². The van der Waals surface area contributed by atoms with Gasteiger partial charge in [0.2, 0.25) is 0 Å². The van der Waals surface area contributed by atoms with Crippen molar-refractivity contribution in [3.8, 4) is 5.75 Å². The lowest BCUT2D eigenvalue weighted by atomic mass is 9.98. The van der Waals surface area contributed by atoms with Crippen LogP contribution in [-0.2, 0) is 0 Å². The quantitative estimate of drug-likeness (QED) is 0.874. The number of halogens is 1. The number of benzene rings is 2. The molecule has 0 amide bonds. The first kappa shape index (κ1) is 18.1. The molecule has 1 saturated heterocycles. The second kappa shape index (κ2) is 9.11. The van der Waals surface area contributed by atoms with Gasteiger partial charge in [0.1, 0.15) is 12.4 Å². The molecule has 1 unspecified atom stereocenters. The van der Waals surface area contributed by atoms with Gasteiger partial charge in [0, 0.05) is 13.1 Å². The number of piperidine rings is 1. The topological polar surface area (TPSA) is 24.5 Å². The normalized spacial score (nSPS) is 18.6. The first-order chi connectivity index (χ1) is 10.8. The maximum absolute atomic E-state index is 5.95. The van der Waals surface area contributed by atoms with Crippen LogP contribution in [0.5, 0.6) is 5.75 Å². The van der Waals surface area contributed by atoms with Crippen LogP contribution in [0.15, 0.2) is 42.5 Å². The van der Waals surface area contributed by atoms with E-state index in [9.17, 15) is 0 Å². The fourth-order valence-corrected chi connectivity index (χ4v) is 3.36. The van der Waals surface area contributed by atoms with Gasteiger partial charge >= 0.3 is 0 Å². The minimum atomic E-state index is 0. The number of nitrogens with zero attached hydrogens (tertiary/aromatic N) is 1. The summed E-state index contributed by atoms with van der Waals surface area (Å²) in [5.74, 6) is 1.77. The van der Waals surface area contributed by atoms with Crippen molar-refractivity contribution < 1.29 is 4.74 Å². The van der Waals surface area contributed by atoms with Crippen molar-refractivity contribution in [1.29, 1.82) is 0 Å². The number of fused-ring (bicyclic) bond motifs is 1. The Balaban J connectivity index is 0.00000192. The number of rotatable bonds is 6. The van der Waals surface area contributed by atoms with E-state index in [2.05, 4.69) is 52.7 Å². The minimum absolute atomic E-state index is 0. The number of hydrogen-bond donors (Lipinski definition) is 1. The van der Waals surface area contributed by atoms with E-state index in [1.165, 1.54) is 36.7 Å². The third-order valence-corrected chi connectivity index (χ3v) is 4.49. The van der Waals surface area contributed by atoms with E-state index in [0.717, 1.165) is 31.4 Å². The highest BCUT2D eigenvalue weighted by Gasteiger charge is 2.18. The average Bonchev–Trinajstić information content (AvgIpc) is 2.55. The van der Waals surface area contributed by atoms with Crippen LogP contribution in [-0.4, -0.2) is 44.7 Å². The first-order valence-corrected chi connectivity index (χ1v) is 8.34. The van der Waals surface area contributed by atoms with Crippen LogP contribution in [0.25, 0.3) is 10.8 Å². The Bertz CT molecular complexity index is 603. The van der Waals surface area contributed by atoms with Crippen LogP contribution >= 0.6 is 12.4 Å². The van der Waals surface area contributed by atoms with Gasteiger partial charge in [-0.25, -0.2) is 0 Å². The number of likely N-dealkylation sites (tertiary alicyclic amines) is 1. The molecule has 0 bridgehead atoms. The van der Waals surface area contributed by atoms with Gasteiger partial charge in [0.15, 0.2) is 0 Å². The molecule has 126 valence electrons. The summed E-state index contributed by atoms with van der Waals surface area (Å²) in [5, 5.41) is 5.81. The lowest BCUT2D eigenvalue weighted by Gasteiger charge is -2.32. The summed E-state index contributed by atoms with van der Waals surface area (Å²) in [6, 6.07) is 14.7. The standard InChI is InChI=1S/C19H26N2O.ClH/c1-20-14-16-5-4-10-21(15-16)11-12-22-19-9-8-17-6-2-3-7-18(17)13-19;/h2-3,6-9,13,16,20H,4-5,10-12,14-15H2,1H3;1H. The zero-order valence-electron chi connectivity index (χ0n) is 13.8. The van der Waals surface area contributed by atoms with Gasteiger partial charge in [-0.1, -0.05) is 30.3 Å². The molecule has 1 aliphatic rings. The van der Waals surface area contributed by atoms with Crippen LogP contribution in [0.2, 0.25) is 0 Å². The Kier molecular flexibility index (Phi) is 7.15. The minimum Gasteiger partial charge on any atom is -0.492 e. The molecule has 0 saturated carbocycles. The molecule has 23 heavy (non-hydrogen) atoms. The number of ether oxygens (including phenoxy) is 1. The van der Waals surface area contributed by atoms with E-state index in [4.69, 9.17) is 4.74 Å². The van der Waals surface area contributed by atoms with Gasteiger partial charge in [-0.05, 0) is 61.8 Å². The summed E-state index contributed by atoms with van der Waals surface area (Å²) in [5.41, 5.74) is 0. The van der Waals surface area contributed by atoms with Gasteiger partial charge in [0.25, 0.3) is 0 Å². The van der Waals surface area contributed by atoms with Gasteiger partial charge in [-0.2, -0.15) is 0 Å². The molecule has 0 aromatic heterocycles. The maximum Gasteiger partial charge on any atom is 0.120 e. The molecular weight excluding hydrogens is 308 g/mol. The highest BCUT2D eigenvalue weighted by Crippen LogP contribution is 2.21. The van der Waals surface area contributed by atoms with E-state index < -0.39 is 0 Å². The average molecular weight is 335 g/mol. The molecule has 0 aliphatic carbocycles. The van der Waals surface area contributed by atoms with Crippen molar-refractivity contribution in [3.05, 3.63) is 42.5 Å². The molecule has 3 rings (SSSR count). The van der Waals surface area contributed by atoms with Gasteiger partial charge in [0.05, 0.1) is 0 Å². The van der Waals surface area contributed by atoms with Crippen LogP contribution in [0.1, 0.15) is 12.8 Å². The number of nitrogens with one attached hydrogen (secondary N) is 1. The largest absolute Gasteiger partial charge is 0.492 e. The Morgan fingerprint density at radius 2 is 2.00 bits per heavy atom. The molecule has 0 spiro atoms. The monoisotopic (exact) mass is 334 g/mol. The van der Waals surface area contributed by atoms with E-state index in [1.54, 1.807) is 0 Å². The lowest BCUT2D eigenvalue weighted by molar-refractivity contribution is 0.147. The summed E-state index contributed by atoms with van der Waals surface area (Å²) >= 11 is 0. The van der Waals surface area contributed by atoms with Gasteiger partial charge in [-0.15, -0.1) is 12.4 Å². The summed E-state index contributed by atoms with van der Waals surface area (Å²) in [4.78, 5) is 2.53. The van der Waals surface area contributed by atoms with Crippen LogP contribution in [0.3, 0.4) is 0 Å². The smallest absolute Gasteiger partial charge is 0.120 e. The molecule has 1 aliphatic heterocycles. The predicted molar refractivity (Wildman–Crippen MR) is 99.8 cm³/mol. The highest BCUT2D eigenvalue weighted by atomic mass is 35.5. The van der Waals surface area contributed by atoms with E-state index in [0.29, 0.717) is 0 Å². The molecule has 4 heteroatoms. The Morgan fingerprint density at radius 3 is 2.83 bits per heavy atom. The van der Waals surface area contributed by atoms with Crippen LogP contribution < -0.4 is 10.1 Å². The molecule has 1 atom stereocenters. The summed E-state index contributed by atoms with van der Waals surface area (Å²) < 4.78 is 5.95. The van der Waals surface area contributed by atoms with Crippen molar-refractivity contribution in [1.82, 2.24) is 10.2 Å². The van der Waals surface area contributed by atoms with Crippen molar-refractivity contribution in [2.45, 2.75) is 12.8 Å². The fraction of sp³-hybridized carbons (Fsp3) is 0.474. The fourth-order valence-electron chi connectivity index (χ4n) is 3.36. The van der Waals surface area contributed by atoms with Crippen molar-refractivity contribution in [3.63, 3.8) is 0 Å². The molecule has 1 heterocycles. The Labute approximate surface area is 145 Å². The third kappa shape index (κ3) is 5.10. The molecule has 1 N–H and O–H groups in total. The molecule has 1 fully saturated rings. The zero-order valence-corrected chi connectivity index (χ0v) is 14.6. The first-order valence-electron chi connectivity index (χ1n) is 8.34. The Morgan fingerprint density at radius 1 is 1.17 bits per heavy atom. The zero-order chi connectivity index (χ0) is 15.2. The Hall–Kier alpha value is -1.29. The summed E-state index contributed by atoms with van der Waals surface area (Å²) in [6.07, 6.45) is 2.66. The van der Waals surface area contributed by atoms with Crippen LogP contribution in [0.4, 0.5) is 0 Å². The van der Waals surface area contributed by atoms with Crippen molar-refractivity contribution in [2.75, 3.05) is 39.8 Å². The van der Waals surface area contributed by atoms with E-state index in [1.807, 2.05) is 7.05 Å². The lowest BCUT2D eigenvalue weighted by Crippen LogP contribution is -2.40. The van der Waals surface area contributed by atoms with E-state index >= 15 is 0 Å². The second-order valence-electron chi connectivity index (χ2n) is 6.22. The molecule has 2 aromatic carbocycles. The summed E-state index contributed by atoms with van der Waals surface area (Å²) in [6.45, 7) is 5.32. The molecular formula is C19H27ClN2O. The maximum atomic E-state index is 5.95. The second-order valence-corrected chi connectivity index (χ2v) is 6.22. The molecule has 0 radical (unpaired) electrons. The number of hydrogen-bond acceptors (Lipinski definition) is 3. The SMILES string of the molecule is CNCC1CCCN(CCOc2ccc3ccccc3c2)C1.Cl. The van der Waals surface area contributed by atoms with Gasteiger partial charge in [-0.3, -0.25) is 4.90 Å². The third-order valence-electron chi connectivity index (χ3n) is 4.49. The van der Waals surface area contributed by atoms with Crippen molar-refractivity contribution in [2.24, 2.45) is 5.92 Å². The van der Waals surface area contributed by atoms with Crippen LogP contribution in [0, 0.1) is 5.92 Å². The highest BCUT2D eigenvalue weighted by molar-refractivity contribution is 5.85. The summed E-state index contributed by atoms with van der Waals surface area (Å²) in [7, 11) is 2.04. The predicted octanol–water partition coefficient (Wildman–Crippen LogP) is 3.57. The molecule has 2 aromatic rings. The van der Waals surface area contributed by atoms with E-state index in [-0.39, 0.29) is 12.4 Å².